The van der Waals surface area contributed by atoms with Gasteiger partial charge in [-0.15, -0.1) is 16.7 Å². The van der Waals surface area contributed by atoms with Crippen LogP contribution in [-0.4, -0.2) is 41.7 Å². The average molecular weight is 249 g/mol. The fourth-order valence-corrected chi connectivity index (χ4v) is 1.07. The monoisotopic (exact) mass is 248 g/mol. The molecule has 0 saturated carbocycles. The van der Waals surface area contributed by atoms with E-state index in [0.29, 0.717) is 37.4 Å². The van der Waals surface area contributed by atoms with E-state index in [-0.39, 0.29) is 6.61 Å². The Morgan fingerprint density at radius 2 is 2.38 bits per heavy atom. The van der Waals surface area contributed by atoms with Crippen LogP contribution in [0.25, 0.3) is 0 Å². The Balaban J connectivity index is 2.14. The number of aryl methyl sites for hydroxylation is 1. The summed E-state index contributed by atoms with van der Waals surface area (Å²) in [6.07, 6.45) is 0.536. The van der Waals surface area contributed by atoms with Gasteiger partial charge in [0.15, 0.2) is 0 Å². The molecule has 0 aliphatic carbocycles. The summed E-state index contributed by atoms with van der Waals surface area (Å²) in [6.45, 7) is 0.689. The number of anilines is 1. The standard InChI is InChI=1S/C8H13ClN4O3/c9-2-1-7-12-13-8(16-7)11-3-4-15-5-6(10)14/h1-5H2,(H2,10,14)(H,11,13). The maximum atomic E-state index is 10.3. The molecule has 0 aliphatic heterocycles. The molecule has 0 atom stereocenters. The number of aromatic nitrogens is 2. The number of hydrogen-bond donors (Lipinski definition) is 2. The Morgan fingerprint density at radius 1 is 1.56 bits per heavy atom. The summed E-state index contributed by atoms with van der Waals surface area (Å²) < 4.78 is 10.1. The Kier molecular flexibility index (Phi) is 5.58. The van der Waals surface area contributed by atoms with Gasteiger partial charge < -0.3 is 20.2 Å². The van der Waals surface area contributed by atoms with Crippen LogP contribution in [0.5, 0.6) is 0 Å². The molecule has 3 N–H and O–H groups in total. The lowest BCUT2D eigenvalue weighted by Gasteiger charge is -2.01. The molecule has 1 rings (SSSR count). The third-order valence-electron chi connectivity index (χ3n) is 1.54. The lowest BCUT2D eigenvalue weighted by Crippen LogP contribution is -2.20. The maximum Gasteiger partial charge on any atom is 0.315 e. The van der Waals surface area contributed by atoms with Crippen LogP contribution < -0.4 is 11.1 Å². The van der Waals surface area contributed by atoms with Gasteiger partial charge in [-0.1, -0.05) is 5.10 Å². The van der Waals surface area contributed by atoms with Crippen molar-refractivity contribution in [3.05, 3.63) is 5.89 Å². The highest BCUT2D eigenvalue weighted by Gasteiger charge is 2.04. The highest BCUT2D eigenvalue weighted by atomic mass is 35.5. The van der Waals surface area contributed by atoms with E-state index in [4.69, 9.17) is 26.5 Å². The zero-order valence-corrected chi connectivity index (χ0v) is 9.37. The average Bonchev–Trinajstić information content (AvgIpc) is 2.65. The maximum absolute atomic E-state index is 10.3. The van der Waals surface area contributed by atoms with Crippen molar-refractivity contribution in [2.24, 2.45) is 5.73 Å². The number of ether oxygens (including phenoxy) is 1. The van der Waals surface area contributed by atoms with E-state index in [2.05, 4.69) is 15.5 Å². The molecular formula is C8H13ClN4O3. The number of carbonyl (C=O) groups excluding carboxylic acids is 1. The number of primary amides is 1. The molecule has 0 spiro atoms. The number of carbonyl (C=O) groups is 1. The van der Waals surface area contributed by atoms with E-state index in [1.54, 1.807) is 0 Å². The Morgan fingerprint density at radius 3 is 3.06 bits per heavy atom. The second-order valence-corrected chi connectivity index (χ2v) is 3.26. The van der Waals surface area contributed by atoms with E-state index in [1.807, 2.05) is 0 Å². The number of nitrogens with one attached hydrogen (secondary N) is 1. The first-order chi connectivity index (χ1) is 7.72. The van der Waals surface area contributed by atoms with Crippen molar-refractivity contribution in [3.63, 3.8) is 0 Å². The molecule has 7 nitrogen and oxygen atoms in total. The lowest BCUT2D eigenvalue weighted by molar-refractivity contribution is -0.122. The molecule has 0 aromatic carbocycles. The summed E-state index contributed by atoms with van der Waals surface area (Å²) in [5, 5.41) is 10.3. The quantitative estimate of drug-likeness (QED) is 0.486. The van der Waals surface area contributed by atoms with Crippen LogP contribution in [0, 0.1) is 0 Å². The van der Waals surface area contributed by atoms with Crippen LogP contribution in [0.15, 0.2) is 4.42 Å². The van der Waals surface area contributed by atoms with Gasteiger partial charge in [0.05, 0.1) is 6.61 Å². The van der Waals surface area contributed by atoms with E-state index in [0.717, 1.165) is 0 Å². The van der Waals surface area contributed by atoms with E-state index in [1.165, 1.54) is 0 Å². The fraction of sp³-hybridized carbons (Fsp3) is 0.625. The minimum Gasteiger partial charge on any atom is -0.408 e. The predicted octanol–water partition coefficient (Wildman–Crippen LogP) is -0.235. The van der Waals surface area contributed by atoms with Crippen LogP contribution in [0.2, 0.25) is 0 Å². The number of alkyl halides is 1. The van der Waals surface area contributed by atoms with Crippen LogP contribution in [0.4, 0.5) is 6.01 Å². The fourth-order valence-electron chi connectivity index (χ4n) is 0.910. The molecule has 1 aromatic heterocycles. The van der Waals surface area contributed by atoms with Gasteiger partial charge in [0.2, 0.25) is 11.8 Å². The first-order valence-corrected chi connectivity index (χ1v) is 5.24. The Hall–Kier alpha value is -1.34. The van der Waals surface area contributed by atoms with Gasteiger partial charge in [-0.25, -0.2) is 0 Å². The van der Waals surface area contributed by atoms with Gasteiger partial charge in [0.25, 0.3) is 0 Å². The first-order valence-electron chi connectivity index (χ1n) is 4.70. The minimum absolute atomic E-state index is 0.0942. The number of hydrogen-bond acceptors (Lipinski definition) is 6. The van der Waals surface area contributed by atoms with Crippen molar-refractivity contribution in [2.45, 2.75) is 6.42 Å². The molecular weight excluding hydrogens is 236 g/mol. The van der Waals surface area contributed by atoms with Crippen molar-refractivity contribution in [1.29, 1.82) is 0 Å². The van der Waals surface area contributed by atoms with Crippen molar-refractivity contribution in [2.75, 3.05) is 31.0 Å². The van der Waals surface area contributed by atoms with Crippen molar-refractivity contribution < 1.29 is 13.9 Å². The zero-order valence-electron chi connectivity index (χ0n) is 8.61. The second-order valence-electron chi connectivity index (χ2n) is 2.89. The van der Waals surface area contributed by atoms with Gasteiger partial charge >= 0.3 is 6.01 Å². The smallest absolute Gasteiger partial charge is 0.315 e. The third kappa shape index (κ3) is 4.94. The third-order valence-corrected chi connectivity index (χ3v) is 1.73. The van der Waals surface area contributed by atoms with Crippen LogP contribution in [0.3, 0.4) is 0 Å². The first kappa shape index (κ1) is 12.7. The van der Waals surface area contributed by atoms with Gasteiger partial charge in [-0.05, 0) is 0 Å². The topological polar surface area (TPSA) is 103 Å². The summed E-state index contributed by atoms with van der Waals surface area (Å²) in [4.78, 5) is 10.3. The van der Waals surface area contributed by atoms with Gasteiger partial charge in [-0.2, -0.15) is 0 Å². The lowest BCUT2D eigenvalue weighted by atomic mass is 10.5. The molecule has 0 aliphatic rings. The molecule has 0 saturated heterocycles. The van der Waals surface area contributed by atoms with E-state index < -0.39 is 5.91 Å². The van der Waals surface area contributed by atoms with Crippen LogP contribution in [-0.2, 0) is 16.0 Å². The normalized spacial score (nSPS) is 10.3. The SMILES string of the molecule is NC(=O)COCCNc1nnc(CCCl)o1. The summed E-state index contributed by atoms with van der Waals surface area (Å²) in [5.41, 5.74) is 4.88. The number of halogens is 1. The number of amides is 1. The van der Waals surface area contributed by atoms with E-state index >= 15 is 0 Å². The molecule has 0 radical (unpaired) electrons. The molecule has 16 heavy (non-hydrogen) atoms. The second kappa shape index (κ2) is 7.02. The van der Waals surface area contributed by atoms with Crippen LogP contribution >= 0.6 is 11.6 Å². The highest BCUT2D eigenvalue weighted by Crippen LogP contribution is 2.05. The summed E-state index contributed by atoms with van der Waals surface area (Å²) in [5.74, 6) is 0.418. The van der Waals surface area contributed by atoms with Crippen molar-refractivity contribution in [3.8, 4) is 0 Å². The van der Waals surface area contributed by atoms with E-state index in [9.17, 15) is 4.79 Å². The largest absolute Gasteiger partial charge is 0.408 e. The molecule has 1 aromatic rings. The Labute approximate surface area is 97.3 Å². The molecule has 8 heteroatoms. The van der Waals surface area contributed by atoms with Gasteiger partial charge in [-0.3, -0.25) is 4.79 Å². The molecule has 0 fully saturated rings. The Bertz CT molecular complexity index is 331. The van der Waals surface area contributed by atoms with Gasteiger partial charge in [0, 0.05) is 18.8 Å². The van der Waals surface area contributed by atoms with Gasteiger partial charge in [0.1, 0.15) is 6.61 Å². The van der Waals surface area contributed by atoms with Crippen molar-refractivity contribution >= 4 is 23.5 Å². The van der Waals surface area contributed by atoms with Crippen LogP contribution in [0.1, 0.15) is 5.89 Å². The summed E-state index contributed by atoms with van der Waals surface area (Å²) >= 11 is 5.51. The minimum atomic E-state index is -0.498. The summed E-state index contributed by atoms with van der Waals surface area (Å²) in [7, 11) is 0. The predicted molar refractivity (Wildman–Crippen MR) is 57.2 cm³/mol. The van der Waals surface area contributed by atoms with Crippen molar-refractivity contribution in [1.82, 2.24) is 10.2 Å². The molecule has 1 amide bonds. The summed E-state index contributed by atoms with van der Waals surface area (Å²) in [6, 6.07) is 0.308. The molecule has 1 heterocycles. The number of nitrogens with two attached hydrogens (primary N) is 1. The molecule has 90 valence electrons. The highest BCUT2D eigenvalue weighted by molar-refractivity contribution is 6.17. The number of nitrogens with zero attached hydrogens (tertiary/aromatic N) is 2. The zero-order chi connectivity index (χ0) is 11.8. The molecule has 0 unspecified atom stereocenters. The number of rotatable bonds is 8. The molecule has 0 bridgehead atoms.